The first-order chi connectivity index (χ1) is 15.5. The molecule has 2 atom stereocenters. The Kier molecular flexibility index (Phi) is 6.19. The van der Waals surface area contributed by atoms with Crippen molar-refractivity contribution in [1.82, 2.24) is 10.3 Å². The van der Waals surface area contributed by atoms with Crippen molar-refractivity contribution in [3.8, 4) is 22.8 Å². The fraction of sp³-hybridized carbons (Fsp3) is 0.120. The van der Waals surface area contributed by atoms with Crippen LogP contribution >= 0.6 is 0 Å². The molecule has 4 rings (SSSR count). The van der Waals surface area contributed by atoms with Gasteiger partial charge in [-0.3, -0.25) is 9.78 Å². The summed E-state index contributed by atoms with van der Waals surface area (Å²) in [7, 11) is 0. The second-order valence-electron chi connectivity index (χ2n) is 7.42. The Hall–Kier alpha value is -4.10. The molecule has 7 heteroatoms. The van der Waals surface area contributed by atoms with Crippen LogP contribution in [0, 0.1) is 0 Å². The number of aromatic hydroxyl groups is 2. The predicted octanol–water partition coefficient (Wildman–Crippen LogP) is 4.31. The number of nitrogens with one attached hydrogen (secondary N) is 1. The lowest BCUT2D eigenvalue weighted by molar-refractivity contribution is 0.0905. The minimum absolute atomic E-state index is 0.0698. The fourth-order valence-electron chi connectivity index (χ4n) is 3.50. The zero-order chi connectivity index (χ0) is 22.5. The summed E-state index contributed by atoms with van der Waals surface area (Å²) in [5, 5.41) is 22.8. The Morgan fingerprint density at radius 1 is 1.00 bits per heavy atom. The van der Waals surface area contributed by atoms with E-state index in [9.17, 15) is 15.0 Å². The van der Waals surface area contributed by atoms with E-state index in [0.29, 0.717) is 17.7 Å². The van der Waals surface area contributed by atoms with Crippen LogP contribution in [0.5, 0.6) is 11.5 Å². The van der Waals surface area contributed by atoms with Gasteiger partial charge < -0.3 is 25.7 Å². The van der Waals surface area contributed by atoms with Crippen LogP contribution in [0.2, 0.25) is 0 Å². The minimum atomic E-state index is -0.555. The number of benzene rings is 2. The predicted molar refractivity (Wildman–Crippen MR) is 120 cm³/mol. The molecule has 2 unspecified atom stereocenters. The lowest BCUT2D eigenvalue weighted by Crippen LogP contribution is -2.31. The van der Waals surface area contributed by atoms with Crippen LogP contribution < -0.4 is 11.1 Å². The summed E-state index contributed by atoms with van der Waals surface area (Å²) in [6.07, 6.45) is 3.70. The highest BCUT2D eigenvalue weighted by atomic mass is 16.4. The summed E-state index contributed by atoms with van der Waals surface area (Å²) in [5.41, 5.74) is 8.50. The maximum absolute atomic E-state index is 13.0. The number of carbonyl (C=O) groups is 1. The largest absolute Gasteiger partial charge is 0.508 e. The Balaban J connectivity index is 1.56. The van der Waals surface area contributed by atoms with Crippen molar-refractivity contribution in [3.05, 3.63) is 102 Å². The van der Waals surface area contributed by atoms with Crippen molar-refractivity contribution in [3.63, 3.8) is 0 Å². The monoisotopic (exact) mass is 429 g/mol. The molecule has 162 valence electrons. The number of para-hydroxylation sites is 1. The van der Waals surface area contributed by atoms with Crippen molar-refractivity contribution >= 4 is 5.91 Å². The van der Waals surface area contributed by atoms with Crippen molar-refractivity contribution in [2.24, 2.45) is 5.73 Å². The van der Waals surface area contributed by atoms with Crippen molar-refractivity contribution in [1.29, 1.82) is 0 Å². The Labute approximate surface area is 185 Å². The Morgan fingerprint density at radius 3 is 2.50 bits per heavy atom. The number of nitrogens with zero attached hydrogens (tertiary/aromatic N) is 1. The molecule has 1 amide bonds. The highest BCUT2D eigenvalue weighted by molar-refractivity contribution is 5.92. The maximum atomic E-state index is 13.0. The van der Waals surface area contributed by atoms with Gasteiger partial charge in [-0.15, -0.1) is 0 Å². The Morgan fingerprint density at radius 2 is 1.78 bits per heavy atom. The molecule has 5 N–H and O–H groups in total. The number of phenols is 2. The summed E-state index contributed by atoms with van der Waals surface area (Å²) in [4.78, 5) is 17.1. The summed E-state index contributed by atoms with van der Waals surface area (Å²) in [5.74, 6) is 0.417. The number of pyridine rings is 1. The standard InChI is InChI=1S/C25H23N3O4/c26-20(17-4-3-13-27-15-17)14-21(19-5-1-2-6-22(19)30)28-25(31)24-12-11-23(32-24)16-7-9-18(29)10-8-16/h1-13,15,20-21,29-30H,14,26H2,(H,28,31). The quantitative estimate of drug-likeness (QED) is 0.347. The average molecular weight is 429 g/mol. The summed E-state index contributed by atoms with van der Waals surface area (Å²) < 4.78 is 5.73. The number of hydrogen-bond acceptors (Lipinski definition) is 6. The van der Waals surface area contributed by atoms with Crippen LogP contribution in [0.25, 0.3) is 11.3 Å². The topological polar surface area (TPSA) is 122 Å². The van der Waals surface area contributed by atoms with Crippen LogP contribution in [-0.4, -0.2) is 21.1 Å². The van der Waals surface area contributed by atoms with E-state index in [4.69, 9.17) is 10.2 Å². The number of aromatic nitrogens is 1. The number of phenolic OH excluding ortho intramolecular Hbond substituents is 2. The molecule has 7 nitrogen and oxygen atoms in total. The van der Waals surface area contributed by atoms with Crippen LogP contribution in [0.15, 0.2) is 89.6 Å². The lowest BCUT2D eigenvalue weighted by Gasteiger charge is -2.23. The molecular weight excluding hydrogens is 406 g/mol. The average Bonchev–Trinajstić information content (AvgIpc) is 3.30. The number of carbonyl (C=O) groups excluding carboxylic acids is 1. The SMILES string of the molecule is NC(CC(NC(=O)c1ccc(-c2ccc(O)cc2)o1)c1ccccc1O)c1cccnc1. The molecular formula is C25H23N3O4. The van der Waals surface area contributed by atoms with Gasteiger partial charge in [0.1, 0.15) is 17.3 Å². The van der Waals surface area contributed by atoms with Crippen molar-refractivity contribution < 1.29 is 19.4 Å². The maximum Gasteiger partial charge on any atom is 0.287 e. The van der Waals surface area contributed by atoms with Gasteiger partial charge in [-0.25, -0.2) is 0 Å². The normalized spacial score (nSPS) is 12.8. The highest BCUT2D eigenvalue weighted by Gasteiger charge is 2.23. The van der Waals surface area contributed by atoms with E-state index in [2.05, 4.69) is 10.3 Å². The molecule has 0 saturated carbocycles. The van der Waals surface area contributed by atoms with Gasteiger partial charge >= 0.3 is 0 Å². The highest BCUT2D eigenvalue weighted by Crippen LogP contribution is 2.31. The number of rotatable bonds is 7. The molecule has 0 bridgehead atoms. The van der Waals surface area contributed by atoms with Crippen LogP contribution in [0.4, 0.5) is 0 Å². The first-order valence-electron chi connectivity index (χ1n) is 10.1. The van der Waals surface area contributed by atoms with Crippen LogP contribution in [0.3, 0.4) is 0 Å². The van der Waals surface area contributed by atoms with E-state index in [-0.39, 0.29) is 17.3 Å². The van der Waals surface area contributed by atoms with Gasteiger partial charge in [0.25, 0.3) is 5.91 Å². The van der Waals surface area contributed by atoms with E-state index in [0.717, 1.165) is 11.1 Å². The van der Waals surface area contributed by atoms with Crippen LogP contribution in [-0.2, 0) is 0 Å². The molecule has 2 aromatic heterocycles. The molecule has 0 aliphatic rings. The number of furan rings is 1. The summed E-state index contributed by atoms with van der Waals surface area (Å²) >= 11 is 0. The zero-order valence-electron chi connectivity index (χ0n) is 17.2. The molecule has 0 spiro atoms. The molecule has 0 fully saturated rings. The summed E-state index contributed by atoms with van der Waals surface area (Å²) in [6, 6.07) is 19.3. The Bertz CT molecular complexity index is 1190. The molecule has 32 heavy (non-hydrogen) atoms. The molecule has 2 aromatic carbocycles. The van der Waals surface area contributed by atoms with E-state index in [1.807, 2.05) is 6.07 Å². The van der Waals surface area contributed by atoms with Gasteiger partial charge in [0.2, 0.25) is 0 Å². The molecule has 2 heterocycles. The summed E-state index contributed by atoms with van der Waals surface area (Å²) in [6.45, 7) is 0. The lowest BCUT2D eigenvalue weighted by atomic mass is 9.95. The van der Waals surface area contributed by atoms with Gasteiger partial charge in [-0.2, -0.15) is 0 Å². The van der Waals surface area contributed by atoms with E-state index < -0.39 is 18.0 Å². The van der Waals surface area contributed by atoms with E-state index in [1.165, 1.54) is 0 Å². The molecule has 0 saturated heterocycles. The zero-order valence-corrected chi connectivity index (χ0v) is 17.2. The number of nitrogens with two attached hydrogens (primary N) is 1. The van der Waals surface area contributed by atoms with E-state index >= 15 is 0 Å². The minimum Gasteiger partial charge on any atom is -0.508 e. The van der Waals surface area contributed by atoms with Crippen LogP contribution in [0.1, 0.15) is 40.2 Å². The van der Waals surface area contributed by atoms with Gasteiger partial charge in [0, 0.05) is 29.6 Å². The fourth-order valence-corrected chi connectivity index (χ4v) is 3.50. The molecule has 4 aromatic rings. The third kappa shape index (κ3) is 4.79. The first-order valence-corrected chi connectivity index (χ1v) is 10.1. The third-order valence-corrected chi connectivity index (χ3v) is 5.20. The molecule has 0 aliphatic heterocycles. The first kappa shape index (κ1) is 21.1. The van der Waals surface area contributed by atoms with E-state index in [1.54, 1.807) is 79.1 Å². The molecule has 0 aliphatic carbocycles. The molecule has 0 radical (unpaired) electrons. The third-order valence-electron chi connectivity index (χ3n) is 5.20. The number of hydrogen-bond donors (Lipinski definition) is 4. The van der Waals surface area contributed by atoms with Crippen molar-refractivity contribution in [2.45, 2.75) is 18.5 Å². The second-order valence-corrected chi connectivity index (χ2v) is 7.42. The van der Waals surface area contributed by atoms with Gasteiger partial charge in [0.05, 0.1) is 6.04 Å². The van der Waals surface area contributed by atoms with Gasteiger partial charge in [-0.1, -0.05) is 24.3 Å². The number of amides is 1. The van der Waals surface area contributed by atoms with Gasteiger partial charge in [-0.05, 0) is 60.5 Å². The van der Waals surface area contributed by atoms with Gasteiger partial charge in [0.15, 0.2) is 5.76 Å². The smallest absolute Gasteiger partial charge is 0.287 e. The van der Waals surface area contributed by atoms with Crippen molar-refractivity contribution in [2.75, 3.05) is 0 Å². The second kappa shape index (κ2) is 9.36.